The van der Waals surface area contributed by atoms with E-state index in [9.17, 15) is 18.0 Å². The molecule has 2 aromatic carbocycles. The number of nitrogens with one attached hydrogen (secondary N) is 1. The molecule has 0 saturated heterocycles. The van der Waals surface area contributed by atoms with Gasteiger partial charge in [-0.05, 0) is 37.3 Å². The number of carbonyl (C=O) groups is 2. The third-order valence-electron chi connectivity index (χ3n) is 3.67. The van der Waals surface area contributed by atoms with Crippen molar-refractivity contribution in [3.8, 4) is 0 Å². The minimum absolute atomic E-state index is 0.0871. The third-order valence-corrected chi connectivity index (χ3v) is 5.57. The van der Waals surface area contributed by atoms with Gasteiger partial charge in [0.15, 0.2) is 0 Å². The van der Waals surface area contributed by atoms with Crippen LogP contribution in [0.25, 0.3) is 0 Å². The van der Waals surface area contributed by atoms with Crippen LogP contribution in [-0.4, -0.2) is 30.6 Å². The standard InChI is InChI=1S/C16H13BrN2O4S/c1-10-2-5-12(6-3-10)24(22,23)18-11-4-7-13-14(8-11)16(21)19(9-17)15(13)20/h2-8,18H,9H2,1H3. The molecule has 0 bridgehead atoms. The molecule has 0 saturated carbocycles. The summed E-state index contributed by atoms with van der Waals surface area (Å²) in [5, 5.41) is 0. The molecule has 0 fully saturated rings. The minimum atomic E-state index is -3.77. The molecule has 0 unspecified atom stereocenters. The van der Waals surface area contributed by atoms with Gasteiger partial charge in [0.2, 0.25) is 0 Å². The summed E-state index contributed by atoms with van der Waals surface area (Å²) < 4.78 is 27.2. The van der Waals surface area contributed by atoms with Crippen LogP contribution in [0.5, 0.6) is 0 Å². The summed E-state index contributed by atoms with van der Waals surface area (Å²) >= 11 is 3.09. The maximum atomic E-state index is 12.4. The van der Waals surface area contributed by atoms with E-state index in [-0.39, 0.29) is 27.2 Å². The molecule has 0 atom stereocenters. The number of aryl methyl sites for hydroxylation is 1. The van der Waals surface area contributed by atoms with Gasteiger partial charge in [0.05, 0.1) is 21.5 Å². The lowest BCUT2D eigenvalue weighted by molar-refractivity contribution is 0.0686. The first kappa shape index (κ1) is 16.7. The number of carbonyl (C=O) groups excluding carboxylic acids is 2. The zero-order valence-corrected chi connectivity index (χ0v) is 15.0. The highest BCUT2D eigenvalue weighted by atomic mass is 79.9. The number of hydrogen-bond acceptors (Lipinski definition) is 4. The van der Waals surface area contributed by atoms with E-state index in [1.807, 2.05) is 6.92 Å². The Balaban J connectivity index is 1.93. The summed E-state index contributed by atoms with van der Waals surface area (Å²) in [5.41, 5.74) is 1.71. The topological polar surface area (TPSA) is 83.6 Å². The summed E-state index contributed by atoms with van der Waals surface area (Å²) in [4.78, 5) is 25.4. The van der Waals surface area contributed by atoms with Crippen LogP contribution < -0.4 is 4.72 Å². The fraction of sp³-hybridized carbons (Fsp3) is 0.125. The lowest BCUT2D eigenvalue weighted by Crippen LogP contribution is -2.27. The van der Waals surface area contributed by atoms with E-state index in [0.717, 1.165) is 10.5 Å². The Hall–Kier alpha value is -2.19. The zero-order chi connectivity index (χ0) is 17.5. The number of hydrogen-bond donors (Lipinski definition) is 1. The van der Waals surface area contributed by atoms with Gasteiger partial charge in [0, 0.05) is 5.69 Å². The lowest BCUT2D eigenvalue weighted by Gasteiger charge is -2.09. The van der Waals surface area contributed by atoms with Crippen LogP contribution in [-0.2, 0) is 10.0 Å². The average Bonchev–Trinajstić information content (AvgIpc) is 2.78. The average molecular weight is 409 g/mol. The number of fused-ring (bicyclic) bond motifs is 1. The van der Waals surface area contributed by atoms with Gasteiger partial charge >= 0.3 is 0 Å². The molecule has 24 heavy (non-hydrogen) atoms. The molecule has 6 nitrogen and oxygen atoms in total. The van der Waals surface area contributed by atoms with Gasteiger partial charge in [-0.15, -0.1) is 0 Å². The highest BCUT2D eigenvalue weighted by Gasteiger charge is 2.35. The van der Waals surface area contributed by atoms with Crippen LogP contribution in [0.3, 0.4) is 0 Å². The van der Waals surface area contributed by atoms with Gasteiger partial charge in [0.1, 0.15) is 0 Å². The SMILES string of the molecule is Cc1ccc(S(=O)(=O)Nc2ccc3c(c2)C(=O)N(CBr)C3=O)cc1. The maximum Gasteiger partial charge on any atom is 0.262 e. The Bertz CT molecular complexity index is 939. The Morgan fingerprint density at radius 3 is 2.25 bits per heavy atom. The summed E-state index contributed by atoms with van der Waals surface area (Å²) in [6.07, 6.45) is 0. The van der Waals surface area contributed by atoms with E-state index in [4.69, 9.17) is 0 Å². The number of anilines is 1. The van der Waals surface area contributed by atoms with Crippen molar-refractivity contribution in [3.63, 3.8) is 0 Å². The van der Waals surface area contributed by atoms with Crippen molar-refractivity contribution in [3.05, 3.63) is 59.2 Å². The molecular formula is C16H13BrN2O4S. The molecule has 0 radical (unpaired) electrons. The molecule has 0 spiro atoms. The number of nitrogens with zero attached hydrogens (tertiary/aromatic N) is 1. The predicted octanol–water partition coefficient (Wildman–Crippen LogP) is 2.74. The van der Waals surface area contributed by atoms with E-state index in [2.05, 4.69) is 20.7 Å². The number of rotatable bonds is 4. The molecule has 0 aromatic heterocycles. The fourth-order valence-electron chi connectivity index (χ4n) is 2.39. The summed E-state index contributed by atoms with van der Waals surface area (Å²) in [6.45, 7) is 1.86. The van der Waals surface area contributed by atoms with Crippen molar-refractivity contribution in [2.45, 2.75) is 11.8 Å². The second-order valence-corrected chi connectivity index (χ2v) is 7.52. The van der Waals surface area contributed by atoms with Gasteiger partial charge in [-0.2, -0.15) is 0 Å². The van der Waals surface area contributed by atoms with Crippen molar-refractivity contribution >= 4 is 43.5 Å². The van der Waals surface area contributed by atoms with Crippen LogP contribution in [0.4, 0.5) is 5.69 Å². The van der Waals surface area contributed by atoms with Gasteiger partial charge in [0.25, 0.3) is 21.8 Å². The number of alkyl halides is 1. The lowest BCUT2D eigenvalue weighted by atomic mass is 10.1. The van der Waals surface area contributed by atoms with E-state index >= 15 is 0 Å². The van der Waals surface area contributed by atoms with Gasteiger partial charge < -0.3 is 0 Å². The van der Waals surface area contributed by atoms with Crippen molar-refractivity contribution < 1.29 is 18.0 Å². The Labute approximate surface area is 147 Å². The Kier molecular flexibility index (Phi) is 4.18. The predicted molar refractivity (Wildman–Crippen MR) is 92.7 cm³/mol. The zero-order valence-electron chi connectivity index (χ0n) is 12.6. The second-order valence-electron chi connectivity index (χ2n) is 5.34. The number of halogens is 1. The van der Waals surface area contributed by atoms with E-state index in [0.29, 0.717) is 0 Å². The van der Waals surface area contributed by atoms with Crippen molar-refractivity contribution in [1.29, 1.82) is 0 Å². The molecule has 2 amide bonds. The molecule has 3 rings (SSSR count). The van der Waals surface area contributed by atoms with Crippen molar-refractivity contribution in [1.82, 2.24) is 4.90 Å². The van der Waals surface area contributed by atoms with Gasteiger partial charge in [-0.1, -0.05) is 33.6 Å². The number of sulfonamides is 1. The molecule has 0 aliphatic carbocycles. The number of imide groups is 1. The molecule has 1 aliphatic rings. The molecule has 8 heteroatoms. The van der Waals surface area contributed by atoms with E-state index < -0.39 is 21.8 Å². The van der Waals surface area contributed by atoms with Crippen LogP contribution >= 0.6 is 15.9 Å². The summed E-state index contributed by atoms with van der Waals surface area (Å²) in [7, 11) is -3.77. The van der Waals surface area contributed by atoms with Gasteiger partial charge in [-0.25, -0.2) is 8.42 Å². The van der Waals surface area contributed by atoms with Crippen molar-refractivity contribution in [2.24, 2.45) is 0 Å². The molecule has 2 aromatic rings. The smallest absolute Gasteiger partial charge is 0.262 e. The summed E-state index contributed by atoms with van der Waals surface area (Å²) in [6, 6.07) is 10.7. The highest BCUT2D eigenvalue weighted by Crippen LogP contribution is 2.27. The molecular weight excluding hydrogens is 396 g/mol. The van der Waals surface area contributed by atoms with E-state index in [1.165, 1.54) is 30.3 Å². The Morgan fingerprint density at radius 1 is 1.00 bits per heavy atom. The Morgan fingerprint density at radius 2 is 1.62 bits per heavy atom. The molecule has 1 N–H and O–H groups in total. The second kappa shape index (κ2) is 6.03. The molecule has 1 heterocycles. The van der Waals surface area contributed by atoms with E-state index in [1.54, 1.807) is 12.1 Å². The van der Waals surface area contributed by atoms with Gasteiger partial charge in [-0.3, -0.25) is 19.2 Å². The highest BCUT2D eigenvalue weighted by molar-refractivity contribution is 9.09. The fourth-order valence-corrected chi connectivity index (χ4v) is 3.90. The molecule has 1 aliphatic heterocycles. The van der Waals surface area contributed by atoms with Crippen LogP contribution in [0, 0.1) is 6.92 Å². The molecule has 124 valence electrons. The van der Waals surface area contributed by atoms with Crippen LogP contribution in [0.15, 0.2) is 47.4 Å². The largest absolute Gasteiger partial charge is 0.280 e. The minimum Gasteiger partial charge on any atom is -0.280 e. The first-order valence-electron chi connectivity index (χ1n) is 6.99. The third kappa shape index (κ3) is 2.83. The first-order valence-corrected chi connectivity index (χ1v) is 9.59. The first-order chi connectivity index (χ1) is 11.3. The van der Waals surface area contributed by atoms with Crippen molar-refractivity contribution in [2.75, 3.05) is 10.2 Å². The summed E-state index contributed by atoms with van der Waals surface area (Å²) in [5.74, 6) is -0.858. The van der Waals surface area contributed by atoms with Crippen LogP contribution in [0.1, 0.15) is 26.3 Å². The quantitative estimate of drug-likeness (QED) is 0.478. The monoisotopic (exact) mass is 408 g/mol. The van der Waals surface area contributed by atoms with Crippen LogP contribution in [0.2, 0.25) is 0 Å². The number of amides is 2. The number of benzene rings is 2. The normalized spacial score (nSPS) is 14.0. The maximum absolute atomic E-state index is 12.4.